The fraction of sp³-hybridized carbons (Fsp3) is 0.333. The van der Waals surface area contributed by atoms with Gasteiger partial charge in [0.05, 0.1) is 21.9 Å². The van der Waals surface area contributed by atoms with Crippen LogP contribution in [0.25, 0.3) is 0 Å². The summed E-state index contributed by atoms with van der Waals surface area (Å²) in [7, 11) is -4.97. The summed E-state index contributed by atoms with van der Waals surface area (Å²) < 4.78 is 104. The number of aliphatic carboxylic acids is 1. The Labute approximate surface area is 164 Å². The second-order valence-electron chi connectivity index (χ2n) is 5.68. The smallest absolute Gasteiger partial charge is 0.417 e. The van der Waals surface area contributed by atoms with Gasteiger partial charge in [-0.15, -0.1) is 11.3 Å². The monoisotopic (exact) mass is 462 g/mol. The Kier molecular flexibility index (Phi) is 6.18. The lowest BCUT2D eigenvalue weighted by molar-refractivity contribution is -0.144. The van der Waals surface area contributed by atoms with Crippen LogP contribution in [-0.4, -0.2) is 24.5 Å². The first-order valence-corrected chi connectivity index (χ1v) is 9.96. The number of halogens is 6. The Balaban J connectivity index is 2.46. The zero-order valence-electron chi connectivity index (χ0n) is 14.3. The van der Waals surface area contributed by atoms with Crippen LogP contribution in [0.4, 0.5) is 31.5 Å². The van der Waals surface area contributed by atoms with E-state index in [9.17, 15) is 39.6 Å². The van der Waals surface area contributed by atoms with E-state index in [2.05, 4.69) is 4.98 Å². The molecular formula is C15H12F6N2O4S2. The number of rotatable bonds is 6. The Hall–Kier alpha value is -2.35. The molecule has 2 N–H and O–H groups in total. The summed E-state index contributed by atoms with van der Waals surface area (Å²) in [6.45, 7) is 1.56. The zero-order valence-corrected chi connectivity index (χ0v) is 15.9. The van der Waals surface area contributed by atoms with Crippen LogP contribution < -0.4 is 4.72 Å². The first kappa shape index (κ1) is 22.9. The summed E-state index contributed by atoms with van der Waals surface area (Å²) in [5.74, 6) is -2.20. The SMILES string of the molecule is CCC(C(=O)O)c1cnc(NS(=O)(=O)c2ccc(C(F)(F)F)cc2C(F)(F)F)s1. The second kappa shape index (κ2) is 7.82. The quantitative estimate of drug-likeness (QED) is 0.614. The maximum Gasteiger partial charge on any atom is 0.417 e. The first-order chi connectivity index (χ1) is 13.2. The Morgan fingerprint density at radius 2 is 1.83 bits per heavy atom. The van der Waals surface area contributed by atoms with Crippen molar-refractivity contribution in [2.24, 2.45) is 0 Å². The van der Waals surface area contributed by atoms with E-state index in [1.54, 1.807) is 11.6 Å². The number of benzene rings is 1. The molecular weight excluding hydrogens is 450 g/mol. The van der Waals surface area contributed by atoms with Crippen molar-refractivity contribution in [3.05, 3.63) is 40.4 Å². The molecule has 0 radical (unpaired) electrons. The van der Waals surface area contributed by atoms with Gasteiger partial charge in [-0.25, -0.2) is 13.4 Å². The number of nitrogens with zero attached hydrogens (tertiary/aromatic N) is 1. The van der Waals surface area contributed by atoms with Gasteiger partial charge in [0, 0.05) is 11.1 Å². The number of anilines is 1. The third-order valence-corrected chi connectivity index (χ3v) is 6.25. The van der Waals surface area contributed by atoms with E-state index in [1.807, 2.05) is 0 Å². The molecule has 0 saturated carbocycles. The first-order valence-electron chi connectivity index (χ1n) is 7.66. The summed E-state index contributed by atoms with van der Waals surface area (Å²) >= 11 is 0.593. The third kappa shape index (κ3) is 5.18. The van der Waals surface area contributed by atoms with Gasteiger partial charge < -0.3 is 5.11 Å². The van der Waals surface area contributed by atoms with E-state index in [-0.39, 0.29) is 29.5 Å². The molecule has 1 aromatic heterocycles. The Morgan fingerprint density at radius 1 is 1.21 bits per heavy atom. The molecule has 29 heavy (non-hydrogen) atoms. The van der Waals surface area contributed by atoms with Crippen LogP contribution in [0.1, 0.15) is 35.3 Å². The van der Waals surface area contributed by atoms with Gasteiger partial charge in [0.25, 0.3) is 10.0 Å². The minimum atomic E-state index is -5.38. The minimum Gasteiger partial charge on any atom is -0.481 e. The number of aromatic nitrogens is 1. The average Bonchev–Trinajstić information content (AvgIpc) is 3.00. The van der Waals surface area contributed by atoms with Crippen molar-refractivity contribution in [3.8, 4) is 0 Å². The maximum absolute atomic E-state index is 13.2. The summed E-state index contributed by atoms with van der Waals surface area (Å²) in [6.07, 6.45) is -9.27. The molecule has 14 heteroatoms. The third-order valence-electron chi connectivity index (χ3n) is 3.70. The van der Waals surface area contributed by atoms with Crippen molar-refractivity contribution in [1.82, 2.24) is 4.98 Å². The molecule has 0 bridgehead atoms. The van der Waals surface area contributed by atoms with Crippen molar-refractivity contribution in [1.29, 1.82) is 0 Å². The van der Waals surface area contributed by atoms with Gasteiger partial charge in [-0.2, -0.15) is 26.3 Å². The number of sulfonamides is 1. The summed E-state index contributed by atoms with van der Waals surface area (Å²) in [4.78, 5) is 13.5. The van der Waals surface area contributed by atoms with Crippen molar-refractivity contribution in [2.75, 3.05) is 4.72 Å². The molecule has 6 nitrogen and oxygen atoms in total. The number of carboxylic acids is 1. The van der Waals surface area contributed by atoms with Crippen LogP contribution in [0.2, 0.25) is 0 Å². The fourth-order valence-electron chi connectivity index (χ4n) is 2.32. The molecule has 1 aromatic carbocycles. The predicted octanol–water partition coefficient (Wildman–Crippen LogP) is 4.56. The number of thiazole rings is 1. The highest BCUT2D eigenvalue weighted by atomic mass is 32.2. The molecule has 2 aromatic rings. The maximum atomic E-state index is 13.2. The van der Waals surface area contributed by atoms with Crippen molar-refractivity contribution < 1.29 is 44.7 Å². The van der Waals surface area contributed by atoms with Gasteiger partial charge in [0.1, 0.15) is 0 Å². The molecule has 0 spiro atoms. The molecule has 0 aliphatic carbocycles. The second-order valence-corrected chi connectivity index (χ2v) is 8.39. The molecule has 1 unspecified atom stereocenters. The number of carbonyl (C=O) groups is 1. The number of carboxylic acid groups (broad SMARTS) is 1. The van der Waals surface area contributed by atoms with Gasteiger partial charge in [0.15, 0.2) is 5.13 Å². The minimum absolute atomic E-state index is 0.154. The van der Waals surface area contributed by atoms with Crippen LogP contribution in [-0.2, 0) is 27.2 Å². The molecule has 160 valence electrons. The van der Waals surface area contributed by atoms with Gasteiger partial charge in [-0.3, -0.25) is 9.52 Å². The van der Waals surface area contributed by atoms with Crippen molar-refractivity contribution in [3.63, 3.8) is 0 Å². The van der Waals surface area contributed by atoms with Crippen molar-refractivity contribution >= 4 is 32.5 Å². The van der Waals surface area contributed by atoms with Gasteiger partial charge in [-0.05, 0) is 24.6 Å². The number of nitrogens with one attached hydrogen (secondary N) is 1. The molecule has 1 atom stereocenters. The van der Waals surface area contributed by atoms with Crippen LogP contribution in [0.3, 0.4) is 0 Å². The average molecular weight is 462 g/mol. The zero-order chi connectivity index (χ0) is 22.2. The van der Waals surface area contributed by atoms with E-state index in [0.29, 0.717) is 11.3 Å². The van der Waals surface area contributed by atoms with Gasteiger partial charge in [-0.1, -0.05) is 6.92 Å². The molecule has 0 aliphatic rings. The van der Waals surface area contributed by atoms with E-state index in [1.165, 1.54) is 0 Å². The fourth-order valence-corrected chi connectivity index (χ4v) is 4.77. The van der Waals surface area contributed by atoms with Gasteiger partial charge in [0.2, 0.25) is 0 Å². The summed E-state index contributed by atoms with van der Waals surface area (Å²) in [6, 6.07) is 0.128. The predicted molar refractivity (Wildman–Crippen MR) is 90.0 cm³/mol. The molecule has 0 fully saturated rings. The Morgan fingerprint density at radius 3 is 2.31 bits per heavy atom. The van der Waals surface area contributed by atoms with E-state index < -0.39 is 55.4 Å². The number of hydrogen-bond acceptors (Lipinski definition) is 5. The molecule has 0 amide bonds. The van der Waals surface area contributed by atoms with Crippen molar-refractivity contribution in [2.45, 2.75) is 36.5 Å². The highest BCUT2D eigenvalue weighted by Gasteiger charge is 2.41. The highest BCUT2D eigenvalue weighted by Crippen LogP contribution is 2.39. The summed E-state index contributed by atoms with van der Waals surface area (Å²) in [5.41, 5.74) is -3.65. The van der Waals surface area contributed by atoms with Crippen LogP contribution in [0.5, 0.6) is 0 Å². The highest BCUT2D eigenvalue weighted by molar-refractivity contribution is 7.93. The van der Waals surface area contributed by atoms with Crippen LogP contribution >= 0.6 is 11.3 Å². The molecule has 1 heterocycles. The normalized spacial score (nSPS) is 13.9. The molecule has 0 saturated heterocycles. The van der Waals surface area contributed by atoms with Gasteiger partial charge >= 0.3 is 18.3 Å². The summed E-state index contributed by atoms with van der Waals surface area (Å²) in [5, 5.41) is 8.66. The standard InChI is InChI=1S/C15H12F6N2O4S2/c1-2-8(12(24)25)10-6-22-13(28-10)23-29(26,27)11-4-3-7(14(16,17)18)5-9(11)15(19,20)21/h3-6,8H,2H2,1H3,(H,22,23)(H,24,25). The van der Waals surface area contributed by atoms with Crippen LogP contribution in [0, 0.1) is 0 Å². The number of hydrogen-bond donors (Lipinski definition) is 2. The van der Waals surface area contributed by atoms with E-state index >= 15 is 0 Å². The molecule has 2 rings (SSSR count). The lowest BCUT2D eigenvalue weighted by atomic mass is 10.1. The lowest BCUT2D eigenvalue weighted by Gasteiger charge is -2.16. The lowest BCUT2D eigenvalue weighted by Crippen LogP contribution is -2.20. The number of alkyl halides is 6. The Bertz CT molecular complexity index is 1010. The van der Waals surface area contributed by atoms with E-state index in [0.717, 1.165) is 6.20 Å². The van der Waals surface area contributed by atoms with Crippen LogP contribution in [0.15, 0.2) is 29.3 Å². The van der Waals surface area contributed by atoms with E-state index in [4.69, 9.17) is 5.11 Å². The molecule has 0 aliphatic heterocycles. The topological polar surface area (TPSA) is 96.4 Å². The largest absolute Gasteiger partial charge is 0.481 e.